The van der Waals surface area contributed by atoms with Crippen LogP contribution in [0, 0.1) is 11.8 Å². The first-order valence-corrected chi connectivity index (χ1v) is 6.97. The Labute approximate surface area is 117 Å². The third-order valence-corrected chi connectivity index (χ3v) is 4.07. The quantitative estimate of drug-likeness (QED) is 0.746. The van der Waals surface area contributed by atoms with Gasteiger partial charge in [-0.25, -0.2) is 0 Å². The average Bonchev–Trinajstić information content (AvgIpc) is 2.43. The van der Waals surface area contributed by atoms with Gasteiger partial charge in [0.1, 0.15) is 5.75 Å². The number of carbonyl (C=O) groups excluding carboxylic acids is 1. The van der Waals surface area contributed by atoms with Gasteiger partial charge in [-0.15, -0.1) is 0 Å². The number of carbonyl (C=O) groups is 1. The average molecular weight is 283 g/mol. The van der Waals surface area contributed by atoms with Crippen LogP contribution in [0.25, 0.3) is 0 Å². The highest BCUT2D eigenvalue weighted by atomic mass is 35.5. The lowest BCUT2D eigenvalue weighted by atomic mass is 9.81. The number of aromatic hydroxyl groups is 1. The van der Waals surface area contributed by atoms with Gasteiger partial charge >= 0.3 is 0 Å². The van der Waals surface area contributed by atoms with E-state index >= 15 is 0 Å². The van der Waals surface area contributed by atoms with Crippen molar-refractivity contribution < 1.29 is 9.90 Å². The third kappa shape index (κ3) is 3.61. The summed E-state index contributed by atoms with van der Waals surface area (Å²) < 4.78 is 0. The number of hydrogen-bond donors (Lipinski definition) is 3. The summed E-state index contributed by atoms with van der Waals surface area (Å²) in [6.45, 7) is 0.710. The molecule has 1 saturated carbocycles. The summed E-state index contributed by atoms with van der Waals surface area (Å²) in [5.74, 6) is 0.655. The molecule has 0 radical (unpaired) electrons. The van der Waals surface area contributed by atoms with E-state index in [-0.39, 0.29) is 22.6 Å². The highest BCUT2D eigenvalue weighted by Crippen LogP contribution is 2.30. The molecule has 4 N–H and O–H groups in total. The fourth-order valence-corrected chi connectivity index (χ4v) is 2.67. The molecular formula is C14H19ClN2O2. The van der Waals surface area contributed by atoms with Crippen LogP contribution in [0.15, 0.2) is 18.2 Å². The smallest absolute Gasteiger partial charge is 0.227 e. The Morgan fingerprint density at radius 3 is 2.63 bits per heavy atom. The van der Waals surface area contributed by atoms with E-state index in [1.807, 2.05) is 0 Å². The van der Waals surface area contributed by atoms with Crippen LogP contribution in [0.2, 0.25) is 5.02 Å². The molecule has 1 fully saturated rings. The van der Waals surface area contributed by atoms with Crippen molar-refractivity contribution in [3.8, 4) is 5.75 Å². The number of nitrogens with two attached hydrogens (primary N) is 1. The Kier molecular flexibility index (Phi) is 4.66. The van der Waals surface area contributed by atoms with Crippen LogP contribution in [-0.4, -0.2) is 17.6 Å². The summed E-state index contributed by atoms with van der Waals surface area (Å²) in [4.78, 5) is 12.1. The highest BCUT2D eigenvalue weighted by molar-refractivity contribution is 6.32. The molecule has 1 amide bonds. The number of rotatable bonds is 3. The molecule has 1 aliphatic rings. The standard InChI is InChI=1S/C14H19ClN2O2/c15-12-7-11(5-6-13(12)18)17-14(19)10-3-1-9(8-16)2-4-10/h5-7,9-10,18H,1-4,8,16H2,(H,17,19). The summed E-state index contributed by atoms with van der Waals surface area (Å²) in [5.41, 5.74) is 6.26. The molecule has 19 heavy (non-hydrogen) atoms. The van der Waals surface area contributed by atoms with E-state index < -0.39 is 0 Å². The molecule has 4 nitrogen and oxygen atoms in total. The summed E-state index contributed by atoms with van der Waals surface area (Å²) in [6, 6.07) is 4.67. The predicted molar refractivity (Wildman–Crippen MR) is 76.2 cm³/mol. The molecule has 104 valence electrons. The fraction of sp³-hybridized carbons (Fsp3) is 0.500. The minimum absolute atomic E-state index is 0.0168. The highest BCUT2D eigenvalue weighted by Gasteiger charge is 2.25. The van der Waals surface area contributed by atoms with Gasteiger partial charge in [-0.3, -0.25) is 4.79 Å². The van der Waals surface area contributed by atoms with Crippen LogP contribution in [0.1, 0.15) is 25.7 Å². The van der Waals surface area contributed by atoms with Crippen molar-refractivity contribution in [1.82, 2.24) is 0 Å². The van der Waals surface area contributed by atoms with Gasteiger partial charge in [0.2, 0.25) is 5.91 Å². The second-order valence-corrected chi connectivity index (χ2v) is 5.52. The van der Waals surface area contributed by atoms with Gasteiger partial charge in [-0.1, -0.05) is 11.6 Å². The minimum atomic E-state index is 0.0168. The number of amides is 1. The van der Waals surface area contributed by atoms with Gasteiger partial charge in [0.15, 0.2) is 0 Å². The zero-order valence-electron chi connectivity index (χ0n) is 10.7. The molecule has 5 heteroatoms. The van der Waals surface area contributed by atoms with Crippen LogP contribution >= 0.6 is 11.6 Å². The molecule has 1 aromatic carbocycles. The largest absolute Gasteiger partial charge is 0.506 e. The molecule has 1 aromatic rings. The zero-order chi connectivity index (χ0) is 13.8. The number of hydrogen-bond acceptors (Lipinski definition) is 3. The Bertz CT molecular complexity index is 457. The first-order chi connectivity index (χ1) is 9.10. The maximum Gasteiger partial charge on any atom is 0.227 e. The number of nitrogens with one attached hydrogen (secondary N) is 1. The van der Waals surface area contributed by atoms with Crippen molar-refractivity contribution in [1.29, 1.82) is 0 Å². The van der Waals surface area contributed by atoms with Crippen molar-refractivity contribution in [3.63, 3.8) is 0 Å². The second-order valence-electron chi connectivity index (χ2n) is 5.11. The van der Waals surface area contributed by atoms with Gasteiger partial charge in [0.05, 0.1) is 5.02 Å². The number of phenols is 1. The van der Waals surface area contributed by atoms with Crippen LogP contribution in [0.5, 0.6) is 5.75 Å². The summed E-state index contributed by atoms with van der Waals surface area (Å²) in [6.07, 6.45) is 3.81. The van der Waals surface area contributed by atoms with E-state index in [0.29, 0.717) is 18.2 Å². The van der Waals surface area contributed by atoms with Gasteiger partial charge in [0.25, 0.3) is 0 Å². The molecule has 0 unspecified atom stereocenters. The number of benzene rings is 1. The maximum atomic E-state index is 12.1. The van der Waals surface area contributed by atoms with Crippen LogP contribution < -0.4 is 11.1 Å². The monoisotopic (exact) mass is 282 g/mol. The normalized spacial score (nSPS) is 23.1. The van der Waals surface area contributed by atoms with E-state index in [9.17, 15) is 9.90 Å². The lowest BCUT2D eigenvalue weighted by Gasteiger charge is -2.26. The van der Waals surface area contributed by atoms with E-state index in [0.717, 1.165) is 25.7 Å². The van der Waals surface area contributed by atoms with Crippen molar-refractivity contribution in [3.05, 3.63) is 23.2 Å². The number of anilines is 1. The Morgan fingerprint density at radius 1 is 1.37 bits per heavy atom. The number of phenolic OH excluding ortho intramolecular Hbond substituents is 1. The van der Waals surface area contributed by atoms with Gasteiger partial charge in [-0.05, 0) is 56.3 Å². The molecule has 0 aromatic heterocycles. The van der Waals surface area contributed by atoms with Gasteiger partial charge in [-0.2, -0.15) is 0 Å². The van der Waals surface area contributed by atoms with Gasteiger partial charge in [0, 0.05) is 11.6 Å². The molecule has 0 spiro atoms. The Balaban J connectivity index is 1.92. The number of halogens is 1. The van der Waals surface area contributed by atoms with Crippen molar-refractivity contribution >= 4 is 23.2 Å². The Hall–Kier alpha value is -1.26. The molecule has 2 rings (SSSR count). The maximum absolute atomic E-state index is 12.1. The second kappa shape index (κ2) is 6.26. The predicted octanol–water partition coefficient (Wildman–Crippen LogP) is 2.75. The molecular weight excluding hydrogens is 264 g/mol. The molecule has 0 bridgehead atoms. The lowest BCUT2D eigenvalue weighted by Crippen LogP contribution is -2.29. The molecule has 0 saturated heterocycles. The SMILES string of the molecule is NCC1CCC(C(=O)Nc2ccc(O)c(Cl)c2)CC1. The summed E-state index contributed by atoms with van der Waals surface area (Å²) >= 11 is 5.81. The zero-order valence-corrected chi connectivity index (χ0v) is 11.5. The first-order valence-electron chi connectivity index (χ1n) is 6.59. The molecule has 0 atom stereocenters. The first kappa shape index (κ1) is 14.2. The lowest BCUT2D eigenvalue weighted by molar-refractivity contribution is -0.121. The molecule has 1 aliphatic carbocycles. The van der Waals surface area contributed by atoms with E-state index in [4.69, 9.17) is 17.3 Å². The van der Waals surface area contributed by atoms with Crippen molar-refractivity contribution in [2.24, 2.45) is 17.6 Å². The van der Waals surface area contributed by atoms with Gasteiger partial charge < -0.3 is 16.2 Å². The summed E-state index contributed by atoms with van der Waals surface area (Å²) in [7, 11) is 0. The molecule has 0 heterocycles. The van der Waals surface area contributed by atoms with Crippen LogP contribution in [0.3, 0.4) is 0 Å². The van der Waals surface area contributed by atoms with E-state index in [1.165, 1.54) is 6.07 Å². The van der Waals surface area contributed by atoms with Crippen LogP contribution in [0.4, 0.5) is 5.69 Å². The van der Waals surface area contributed by atoms with E-state index in [2.05, 4.69) is 5.32 Å². The molecule has 0 aliphatic heterocycles. The van der Waals surface area contributed by atoms with E-state index in [1.54, 1.807) is 12.1 Å². The minimum Gasteiger partial charge on any atom is -0.506 e. The summed E-state index contributed by atoms with van der Waals surface area (Å²) in [5, 5.41) is 12.4. The third-order valence-electron chi connectivity index (χ3n) is 3.77. The van der Waals surface area contributed by atoms with Crippen LogP contribution in [-0.2, 0) is 4.79 Å². The topological polar surface area (TPSA) is 75.4 Å². The Morgan fingerprint density at radius 2 is 2.05 bits per heavy atom. The van der Waals surface area contributed by atoms with Crippen molar-refractivity contribution in [2.45, 2.75) is 25.7 Å². The fourth-order valence-electron chi connectivity index (χ4n) is 2.49. The van der Waals surface area contributed by atoms with Crippen molar-refractivity contribution in [2.75, 3.05) is 11.9 Å².